The van der Waals surface area contributed by atoms with Crippen molar-refractivity contribution in [1.29, 1.82) is 0 Å². The van der Waals surface area contributed by atoms with Crippen molar-refractivity contribution >= 4 is 0 Å². The first kappa shape index (κ1) is 10.3. The van der Waals surface area contributed by atoms with E-state index < -0.39 is 0 Å². The number of benzene rings is 1. The molecule has 0 radical (unpaired) electrons. The molecule has 0 aromatic heterocycles. The zero-order valence-electron chi connectivity index (χ0n) is 9.48. The van der Waals surface area contributed by atoms with Gasteiger partial charge in [0.1, 0.15) is 0 Å². The Bertz CT molecular complexity index is 361. The summed E-state index contributed by atoms with van der Waals surface area (Å²) in [7, 11) is 0. The van der Waals surface area contributed by atoms with E-state index in [2.05, 4.69) is 34.7 Å². The van der Waals surface area contributed by atoms with Crippen LogP contribution in [0.4, 0.5) is 0 Å². The smallest absolute Gasteiger partial charge is 0.0608 e. The third kappa shape index (κ3) is 1.98. The number of ether oxygens (including phenoxy) is 1. The summed E-state index contributed by atoms with van der Waals surface area (Å²) in [6.45, 7) is 4.79. The van der Waals surface area contributed by atoms with Crippen LogP contribution in [0.3, 0.4) is 0 Å². The van der Waals surface area contributed by atoms with Crippen LogP contribution in [0.1, 0.15) is 17.0 Å². The quantitative estimate of drug-likeness (QED) is 0.824. The monoisotopic (exact) mass is 218 g/mol. The Morgan fingerprint density at radius 1 is 1.25 bits per heavy atom. The summed E-state index contributed by atoms with van der Waals surface area (Å²) in [5, 5.41) is 2.28. The number of hydrogen-bond donors (Lipinski definition) is 1. The van der Waals surface area contributed by atoms with Crippen LogP contribution >= 0.6 is 0 Å². The van der Waals surface area contributed by atoms with E-state index in [1.165, 1.54) is 17.5 Å². The van der Waals surface area contributed by atoms with Gasteiger partial charge in [-0.3, -0.25) is 5.43 Å². The van der Waals surface area contributed by atoms with Gasteiger partial charge in [0, 0.05) is 25.6 Å². The van der Waals surface area contributed by atoms with E-state index >= 15 is 0 Å². The fourth-order valence-electron chi connectivity index (χ4n) is 2.51. The van der Waals surface area contributed by atoms with Gasteiger partial charge in [-0.2, -0.15) is 0 Å². The summed E-state index contributed by atoms with van der Waals surface area (Å²) < 4.78 is 5.32. The third-order valence-corrected chi connectivity index (χ3v) is 3.53. The number of fused-ring (bicyclic) bond motifs is 1. The molecule has 1 aromatic rings. The number of hydrazine groups is 1. The highest BCUT2D eigenvalue weighted by molar-refractivity contribution is 5.40. The minimum Gasteiger partial charge on any atom is -0.379 e. The fraction of sp³-hybridized carbons (Fsp3) is 0.538. The molecule has 1 saturated heterocycles. The standard InChI is InChI=1S/C13H18N2O/c1-2-4-13-11(3-1)9-12(13)10-14-15-5-7-16-8-6-15/h1-4,12,14H,5-10H2. The Labute approximate surface area is 96.4 Å². The first-order chi connectivity index (χ1) is 7.93. The maximum absolute atomic E-state index is 5.32. The van der Waals surface area contributed by atoms with Crippen molar-refractivity contribution in [3.63, 3.8) is 0 Å². The van der Waals surface area contributed by atoms with Crippen molar-refractivity contribution in [2.24, 2.45) is 0 Å². The molecule has 1 aliphatic heterocycles. The molecule has 0 spiro atoms. The van der Waals surface area contributed by atoms with Crippen molar-refractivity contribution in [2.45, 2.75) is 12.3 Å². The van der Waals surface area contributed by atoms with Crippen molar-refractivity contribution in [3.05, 3.63) is 35.4 Å². The van der Waals surface area contributed by atoms with E-state index in [-0.39, 0.29) is 0 Å². The predicted octanol–water partition coefficient (Wildman–Crippen LogP) is 1.16. The average Bonchev–Trinajstić information content (AvgIpc) is 2.32. The van der Waals surface area contributed by atoms with Crippen LogP contribution in [-0.2, 0) is 11.2 Å². The zero-order valence-corrected chi connectivity index (χ0v) is 9.48. The largest absolute Gasteiger partial charge is 0.379 e. The average molecular weight is 218 g/mol. The number of nitrogens with zero attached hydrogens (tertiary/aromatic N) is 1. The van der Waals surface area contributed by atoms with E-state index in [4.69, 9.17) is 4.74 Å². The number of rotatable bonds is 3. The highest BCUT2D eigenvalue weighted by atomic mass is 16.5. The molecule has 2 aliphatic rings. The number of morpholine rings is 1. The van der Waals surface area contributed by atoms with Crippen LogP contribution in [0.25, 0.3) is 0 Å². The van der Waals surface area contributed by atoms with Crippen molar-refractivity contribution in [2.75, 3.05) is 32.8 Å². The molecule has 1 N–H and O–H groups in total. The van der Waals surface area contributed by atoms with Gasteiger partial charge in [0.25, 0.3) is 0 Å². The van der Waals surface area contributed by atoms with E-state index in [1.807, 2.05) is 0 Å². The Hall–Kier alpha value is -0.900. The van der Waals surface area contributed by atoms with Gasteiger partial charge in [0.15, 0.2) is 0 Å². The van der Waals surface area contributed by atoms with Gasteiger partial charge >= 0.3 is 0 Å². The number of nitrogens with one attached hydrogen (secondary N) is 1. The lowest BCUT2D eigenvalue weighted by molar-refractivity contribution is 0.0106. The van der Waals surface area contributed by atoms with E-state index in [0.717, 1.165) is 32.8 Å². The first-order valence-electron chi connectivity index (χ1n) is 6.07. The van der Waals surface area contributed by atoms with Crippen LogP contribution in [-0.4, -0.2) is 37.9 Å². The Balaban J connectivity index is 1.50. The van der Waals surface area contributed by atoms with Crippen LogP contribution in [0.5, 0.6) is 0 Å². The molecule has 3 nitrogen and oxygen atoms in total. The molecule has 3 heteroatoms. The van der Waals surface area contributed by atoms with Gasteiger partial charge in [0.05, 0.1) is 13.2 Å². The molecule has 1 unspecified atom stereocenters. The summed E-state index contributed by atoms with van der Waals surface area (Å²) in [4.78, 5) is 0. The Kier molecular flexibility index (Phi) is 2.91. The molecule has 1 fully saturated rings. The van der Waals surface area contributed by atoms with Gasteiger partial charge in [-0.15, -0.1) is 0 Å². The summed E-state index contributed by atoms with van der Waals surface area (Å²) >= 11 is 0. The predicted molar refractivity (Wildman–Crippen MR) is 63.3 cm³/mol. The molecule has 1 heterocycles. The maximum Gasteiger partial charge on any atom is 0.0608 e. The highest BCUT2D eigenvalue weighted by Crippen LogP contribution is 2.33. The van der Waals surface area contributed by atoms with Crippen LogP contribution in [0, 0.1) is 0 Å². The molecule has 0 amide bonds. The maximum atomic E-state index is 5.32. The summed E-state index contributed by atoms with van der Waals surface area (Å²) in [6.07, 6.45) is 1.23. The van der Waals surface area contributed by atoms with E-state index in [1.54, 1.807) is 0 Å². The molecule has 0 saturated carbocycles. The van der Waals surface area contributed by atoms with E-state index in [0.29, 0.717) is 5.92 Å². The summed E-state index contributed by atoms with van der Waals surface area (Å²) in [5.74, 6) is 0.707. The molecule has 16 heavy (non-hydrogen) atoms. The second-order valence-corrected chi connectivity index (χ2v) is 4.56. The molecule has 3 rings (SSSR count). The number of hydrogen-bond acceptors (Lipinski definition) is 3. The van der Waals surface area contributed by atoms with Crippen molar-refractivity contribution in [3.8, 4) is 0 Å². The van der Waals surface area contributed by atoms with E-state index in [9.17, 15) is 0 Å². The second kappa shape index (κ2) is 4.53. The fourth-order valence-corrected chi connectivity index (χ4v) is 2.51. The molecular weight excluding hydrogens is 200 g/mol. The van der Waals surface area contributed by atoms with Gasteiger partial charge < -0.3 is 4.74 Å². The first-order valence-corrected chi connectivity index (χ1v) is 6.07. The van der Waals surface area contributed by atoms with Crippen LogP contribution < -0.4 is 5.43 Å². The molecule has 1 aliphatic carbocycles. The van der Waals surface area contributed by atoms with Gasteiger partial charge in [-0.05, 0) is 17.5 Å². The summed E-state index contributed by atoms with van der Waals surface area (Å²) in [6, 6.07) is 8.76. The molecule has 1 atom stereocenters. The SMILES string of the molecule is c1ccc2c(c1)CC2CNN1CCOCC1. The molecule has 1 aromatic carbocycles. The Morgan fingerprint density at radius 2 is 2.06 bits per heavy atom. The third-order valence-electron chi connectivity index (χ3n) is 3.53. The lowest BCUT2D eigenvalue weighted by atomic mass is 9.78. The Morgan fingerprint density at radius 3 is 2.88 bits per heavy atom. The van der Waals surface area contributed by atoms with Gasteiger partial charge in [-0.1, -0.05) is 24.3 Å². The zero-order chi connectivity index (χ0) is 10.8. The van der Waals surface area contributed by atoms with Crippen LogP contribution in [0.15, 0.2) is 24.3 Å². The lowest BCUT2D eigenvalue weighted by Crippen LogP contribution is -2.47. The van der Waals surface area contributed by atoms with Crippen molar-refractivity contribution < 1.29 is 4.74 Å². The molecule has 0 bridgehead atoms. The molecular formula is C13H18N2O. The summed E-state index contributed by atoms with van der Waals surface area (Å²) in [5.41, 5.74) is 6.57. The minimum atomic E-state index is 0.707. The highest BCUT2D eigenvalue weighted by Gasteiger charge is 2.25. The van der Waals surface area contributed by atoms with Crippen molar-refractivity contribution in [1.82, 2.24) is 10.4 Å². The normalized spacial score (nSPS) is 24.9. The second-order valence-electron chi connectivity index (χ2n) is 4.56. The van der Waals surface area contributed by atoms with Gasteiger partial charge in [-0.25, -0.2) is 5.01 Å². The lowest BCUT2D eigenvalue weighted by Gasteiger charge is -2.34. The molecule has 86 valence electrons. The van der Waals surface area contributed by atoms with Gasteiger partial charge in [0.2, 0.25) is 0 Å². The minimum absolute atomic E-state index is 0.707. The topological polar surface area (TPSA) is 24.5 Å². The van der Waals surface area contributed by atoms with Crippen LogP contribution in [0.2, 0.25) is 0 Å².